The number of carbonyl (C=O) groups excluding carboxylic acids is 1. The van der Waals surface area contributed by atoms with E-state index in [2.05, 4.69) is 15.1 Å². The molecule has 1 aliphatic heterocycles. The Kier molecular flexibility index (Phi) is 6.89. The summed E-state index contributed by atoms with van der Waals surface area (Å²) in [7, 11) is 0. The van der Waals surface area contributed by atoms with Crippen molar-refractivity contribution in [2.75, 3.05) is 49.5 Å². The van der Waals surface area contributed by atoms with Crippen LogP contribution in [0.2, 0.25) is 0 Å². The normalized spacial score (nSPS) is 14.2. The van der Waals surface area contributed by atoms with Crippen molar-refractivity contribution < 1.29 is 18.9 Å². The van der Waals surface area contributed by atoms with Crippen LogP contribution in [0.15, 0.2) is 65.5 Å². The van der Waals surface area contributed by atoms with Gasteiger partial charge in [0.2, 0.25) is 0 Å². The van der Waals surface area contributed by atoms with Gasteiger partial charge in [-0.2, -0.15) is 0 Å². The fraction of sp³-hybridized carbons (Fsp3) is 0.292. The molecule has 0 unspecified atom stereocenters. The van der Waals surface area contributed by atoms with Crippen LogP contribution in [0, 0.1) is 10.1 Å². The molecule has 3 aromatic rings. The minimum Gasteiger partial charge on any atom is -0.472 e. The minimum atomic E-state index is -0.390. The van der Waals surface area contributed by atoms with Crippen LogP contribution in [-0.2, 0) is 9.53 Å². The third-order valence-corrected chi connectivity index (χ3v) is 5.57. The summed E-state index contributed by atoms with van der Waals surface area (Å²) in [6, 6.07) is 14.6. The molecule has 0 atom stereocenters. The fourth-order valence-corrected chi connectivity index (χ4v) is 3.89. The standard InChI is InChI=1S/C24H26N4O5/c1-2-33-24(29)16-26-9-11-27(12-10-26)21-5-3-4-20(15-21)25-22-7-6-18(14-23(22)28(30)31)19-8-13-32-17-19/h3-8,13-15,17,25H,2,9-12,16H2,1H3. The Morgan fingerprint density at radius 1 is 1.12 bits per heavy atom. The lowest BCUT2D eigenvalue weighted by molar-refractivity contribution is -0.383. The number of anilines is 3. The molecule has 1 fully saturated rings. The number of furan rings is 1. The first-order valence-corrected chi connectivity index (χ1v) is 10.8. The quantitative estimate of drug-likeness (QED) is 0.308. The van der Waals surface area contributed by atoms with Crippen LogP contribution in [0.3, 0.4) is 0 Å². The predicted octanol–water partition coefficient (Wildman–Crippen LogP) is 4.28. The van der Waals surface area contributed by atoms with Gasteiger partial charge in [0.1, 0.15) is 5.69 Å². The average Bonchev–Trinajstić information content (AvgIpc) is 3.35. The molecule has 0 aliphatic carbocycles. The molecule has 9 nitrogen and oxygen atoms in total. The Bertz CT molecular complexity index is 1110. The van der Waals surface area contributed by atoms with Crippen molar-refractivity contribution in [1.82, 2.24) is 4.90 Å². The highest BCUT2D eigenvalue weighted by Crippen LogP contribution is 2.33. The third-order valence-electron chi connectivity index (χ3n) is 5.57. The Morgan fingerprint density at radius 3 is 2.64 bits per heavy atom. The molecule has 2 heterocycles. The number of hydrogen-bond donors (Lipinski definition) is 1. The lowest BCUT2D eigenvalue weighted by Gasteiger charge is -2.35. The first-order chi connectivity index (χ1) is 16.0. The molecule has 33 heavy (non-hydrogen) atoms. The van der Waals surface area contributed by atoms with E-state index >= 15 is 0 Å². The number of nitro benzene ring substituents is 1. The summed E-state index contributed by atoms with van der Waals surface area (Å²) >= 11 is 0. The highest BCUT2D eigenvalue weighted by atomic mass is 16.6. The maximum atomic E-state index is 11.7. The van der Waals surface area contributed by atoms with Gasteiger partial charge in [0.25, 0.3) is 5.69 Å². The van der Waals surface area contributed by atoms with E-state index in [-0.39, 0.29) is 11.7 Å². The molecule has 0 saturated carbocycles. The molecule has 1 N–H and O–H groups in total. The number of piperazine rings is 1. The zero-order chi connectivity index (χ0) is 23.2. The van der Waals surface area contributed by atoms with Crippen molar-refractivity contribution in [2.24, 2.45) is 0 Å². The number of esters is 1. The molecule has 1 saturated heterocycles. The van der Waals surface area contributed by atoms with Crippen molar-refractivity contribution in [1.29, 1.82) is 0 Å². The van der Waals surface area contributed by atoms with E-state index < -0.39 is 4.92 Å². The number of nitro groups is 1. The van der Waals surface area contributed by atoms with Gasteiger partial charge in [0.15, 0.2) is 0 Å². The lowest BCUT2D eigenvalue weighted by atomic mass is 10.1. The number of ether oxygens (including phenoxy) is 1. The zero-order valence-corrected chi connectivity index (χ0v) is 18.4. The Hall–Kier alpha value is -3.85. The van der Waals surface area contributed by atoms with Gasteiger partial charge < -0.3 is 19.4 Å². The number of nitrogens with zero attached hydrogens (tertiary/aromatic N) is 3. The summed E-state index contributed by atoms with van der Waals surface area (Å²) in [6.07, 6.45) is 3.09. The molecule has 0 radical (unpaired) electrons. The van der Waals surface area contributed by atoms with Crippen molar-refractivity contribution in [3.8, 4) is 11.1 Å². The van der Waals surface area contributed by atoms with Crippen LogP contribution < -0.4 is 10.2 Å². The van der Waals surface area contributed by atoms with Gasteiger partial charge >= 0.3 is 5.97 Å². The third kappa shape index (κ3) is 5.50. The monoisotopic (exact) mass is 450 g/mol. The van der Waals surface area contributed by atoms with Gasteiger partial charge in [0.05, 0.1) is 30.6 Å². The summed E-state index contributed by atoms with van der Waals surface area (Å²) in [5.41, 5.74) is 3.70. The number of nitrogens with one attached hydrogen (secondary N) is 1. The van der Waals surface area contributed by atoms with Gasteiger partial charge in [-0.25, -0.2) is 0 Å². The zero-order valence-electron chi connectivity index (χ0n) is 18.4. The molecule has 0 spiro atoms. The SMILES string of the molecule is CCOC(=O)CN1CCN(c2cccc(Nc3ccc(-c4ccoc4)cc3[N+](=O)[O-])c2)CC1. The highest BCUT2D eigenvalue weighted by Gasteiger charge is 2.20. The van der Waals surface area contributed by atoms with Crippen molar-refractivity contribution in [2.45, 2.75) is 6.92 Å². The smallest absolute Gasteiger partial charge is 0.320 e. The van der Waals surface area contributed by atoms with Crippen LogP contribution in [-0.4, -0.2) is 55.1 Å². The maximum absolute atomic E-state index is 11.7. The molecular weight excluding hydrogens is 424 g/mol. The Morgan fingerprint density at radius 2 is 1.94 bits per heavy atom. The van der Waals surface area contributed by atoms with Crippen molar-refractivity contribution >= 4 is 28.7 Å². The van der Waals surface area contributed by atoms with Gasteiger partial charge in [0, 0.05) is 49.2 Å². The van der Waals surface area contributed by atoms with Gasteiger partial charge in [-0.05, 0) is 42.8 Å². The minimum absolute atomic E-state index is 0.00770. The number of hydrogen-bond acceptors (Lipinski definition) is 8. The average molecular weight is 450 g/mol. The Balaban J connectivity index is 1.45. The van der Waals surface area contributed by atoms with Gasteiger partial charge in [-0.15, -0.1) is 0 Å². The number of benzene rings is 2. The van der Waals surface area contributed by atoms with E-state index in [1.807, 2.05) is 30.3 Å². The first-order valence-electron chi connectivity index (χ1n) is 10.8. The van der Waals surface area contributed by atoms with Crippen LogP contribution >= 0.6 is 0 Å². The second kappa shape index (κ2) is 10.2. The molecule has 9 heteroatoms. The summed E-state index contributed by atoms with van der Waals surface area (Å²) in [5.74, 6) is -0.197. The highest BCUT2D eigenvalue weighted by molar-refractivity contribution is 5.77. The van der Waals surface area contributed by atoms with E-state index in [4.69, 9.17) is 9.15 Å². The fourth-order valence-electron chi connectivity index (χ4n) is 3.89. The topological polar surface area (TPSA) is 101 Å². The molecule has 0 amide bonds. The number of carbonyl (C=O) groups is 1. The van der Waals surface area contributed by atoms with E-state index in [0.29, 0.717) is 18.8 Å². The summed E-state index contributed by atoms with van der Waals surface area (Å²) in [5, 5.41) is 14.9. The van der Waals surface area contributed by atoms with Gasteiger partial charge in [-0.1, -0.05) is 12.1 Å². The second-order valence-electron chi connectivity index (χ2n) is 7.74. The van der Waals surface area contributed by atoms with Crippen LogP contribution in [0.1, 0.15) is 6.92 Å². The van der Waals surface area contributed by atoms with Crippen LogP contribution in [0.5, 0.6) is 0 Å². The molecule has 0 bridgehead atoms. The van der Waals surface area contributed by atoms with Gasteiger partial charge in [-0.3, -0.25) is 19.8 Å². The molecule has 2 aromatic carbocycles. The van der Waals surface area contributed by atoms with Crippen molar-refractivity contribution in [3.63, 3.8) is 0 Å². The van der Waals surface area contributed by atoms with E-state index in [1.165, 1.54) is 6.26 Å². The molecular formula is C24H26N4O5. The molecule has 1 aromatic heterocycles. The van der Waals surface area contributed by atoms with Crippen LogP contribution in [0.25, 0.3) is 11.1 Å². The lowest BCUT2D eigenvalue weighted by Crippen LogP contribution is -2.48. The Labute approximate surface area is 191 Å². The first kappa shape index (κ1) is 22.3. The number of rotatable bonds is 8. The molecule has 4 rings (SSSR count). The summed E-state index contributed by atoms with van der Waals surface area (Å²) in [4.78, 5) is 27.3. The largest absolute Gasteiger partial charge is 0.472 e. The molecule has 1 aliphatic rings. The maximum Gasteiger partial charge on any atom is 0.320 e. The predicted molar refractivity (Wildman–Crippen MR) is 126 cm³/mol. The molecule has 172 valence electrons. The van der Waals surface area contributed by atoms with E-state index in [1.54, 1.807) is 31.4 Å². The van der Waals surface area contributed by atoms with E-state index in [0.717, 1.165) is 48.7 Å². The van der Waals surface area contributed by atoms with Crippen molar-refractivity contribution in [3.05, 3.63) is 71.2 Å². The summed E-state index contributed by atoms with van der Waals surface area (Å²) in [6.45, 7) is 5.59. The summed E-state index contributed by atoms with van der Waals surface area (Å²) < 4.78 is 10.1. The second-order valence-corrected chi connectivity index (χ2v) is 7.74. The van der Waals surface area contributed by atoms with Crippen LogP contribution in [0.4, 0.5) is 22.7 Å². The van der Waals surface area contributed by atoms with E-state index in [9.17, 15) is 14.9 Å².